The van der Waals surface area contributed by atoms with Crippen molar-refractivity contribution in [1.29, 1.82) is 0 Å². The zero-order valence-electron chi connectivity index (χ0n) is 10.4. The minimum absolute atomic E-state index is 0.00873. The summed E-state index contributed by atoms with van der Waals surface area (Å²) in [7, 11) is 0. The molecule has 0 aromatic heterocycles. The Morgan fingerprint density at radius 1 is 1.11 bits per heavy atom. The van der Waals surface area contributed by atoms with Crippen LogP contribution in [0, 0.1) is 0 Å². The highest BCUT2D eigenvalue weighted by Crippen LogP contribution is 2.12. The van der Waals surface area contributed by atoms with Crippen LogP contribution in [0.25, 0.3) is 0 Å². The average Bonchev–Trinajstić information content (AvgIpc) is 2.40. The number of anilines is 1. The molecule has 0 spiro atoms. The van der Waals surface area contributed by atoms with Crippen LogP contribution < -0.4 is 11.1 Å². The van der Waals surface area contributed by atoms with E-state index in [4.69, 9.17) is 5.73 Å². The van der Waals surface area contributed by atoms with Crippen LogP contribution >= 0.6 is 15.9 Å². The number of rotatable bonds is 4. The lowest BCUT2D eigenvalue weighted by molar-refractivity contribution is -0.120. The average molecular weight is 319 g/mol. The SMILES string of the molecule is Nc1ccccc1CNC(=O)Cc1ccc(Br)cc1. The molecule has 2 aromatic carbocycles. The highest BCUT2D eigenvalue weighted by Gasteiger charge is 2.04. The third kappa shape index (κ3) is 4.10. The van der Waals surface area contributed by atoms with Gasteiger partial charge in [-0.15, -0.1) is 0 Å². The van der Waals surface area contributed by atoms with E-state index >= 15 is 0 Å². The van der Waals surface area contributed by atoms with Gasteiger partial charge in [0.05, 0.1) is 6.42 Å². The number of nitrogens with two attached hydrogens (primary N) is 1. The summed E-state index contributed by atoms with van der Waals surface area (Å²) in [4.78, 5) is 11.8. The van der Waals surface area contributed by atoms with E-state index in [9.17, 15) is 4.79 Å². The minimum Gasteiger partial charge on any atom is -0.398 e. The molecule has 0 aliphatic carbocycles. The second-order valence-electron chi connectivity index (χ2n) is 4.28. The van der Waals surface area contributed by atoms with Crippen LogP contribution in [-0.4, -0.2) is 5.91 Å². The summed E-state index contributed by atoms with van der Waals surface area (Å²) in [5.41, 5.74) is 8.44. The first-order valence-electron chi connectivity index (χ1n) is 5.99. The number of amides is 1. The molecule has 3 N–H and O–H groups in total. The second-order valence-corrected chi connectivity index (χ2v) is 5.19. The van der Waals surface area contributed by atoms with Crippen LogP contribution in [0.15, 0.2) is 53.0 Å². The number of nitrogen functional groups attached to an aromatic ring is 1. The summed E-state index contributed by atoms with van der Waals surface area (Å²) in [6.07, 6.45) is 0.375. The Hall–Kier alpha value is -1.81. The van der Waals surface area contributed by atoms with E-state index in [1.807, 2.05) is 48.5 Å². The van der Waals surface area contributed by atoms with Crippen molar-refractivity contribution in [1.82, 2.24) is 5.32 Å². The highest BCUT2D eigenvalue weighted by atomic mass is 79.9. The Kier molecular flexibility index (Phi) is 4.58. The van der Waals surface area contributed by atoms with Crippen molar-refractivity contribution in [3.8, 4) is 0 Å². The Morgan fingerprint density at radius 2 is 1.79 bits per heavy atom. The van der Waals surface area contributed by atoms with Gasteiger partial charge in [-0.2, -0.15) is 0 Å². The monoisotopic (exact) mass is 318 g/mol. The molecule has 0 saturated heterocycles. The molecule has 0 aliphatic rings. The molecular formula is C15H15BrN2O. The largest absolute Gasteiger partial charge is 0.398 e. The van der Waals surface area contributed by atoms with Gasteiger partial charge < -0.3 is 11.1 Å². The number of hydrogen-bond donors (Lipinski definition) is 2. The number of para-hydroxylation sites is 1. The summed E-state index contributed by atoms with van der Waals surface area (Å²) in [6.45, 7) is 0.460. The normalized spacial score (nSPS) is 10.2. The van der Waals surface area contributed by atoms with Crippen LogP contribution in [0.5, 0.6) is 0 Å². The highest BCUT2D eigenvalue weighted by molar-refractivity contribution is 9.10. The molecule has 0 aliphatic heterocycles. The van der Waals surface area contributed by atoms with E-state index in [0.29, 0.717) is 18.7 Å². The molecule has 0 bridgehead atoms. The van der Waals surface area contributed by atoms with Gasteiger partial charge >= 0.3 is 0 Å². The molecule has 2 aromatic rings. The number of nitrogens with one attached hydrogen (secondary N) is 1. The molecule has 98 valence electrons. The predicted molar refractivity (Wildman–Crippen MR) is 80.5 cm³/mol. The first-order chi connectivity index (χ1) is 9.15. The maximum absolute atomic E-state index is 11.8. The third-order valence-electron chi connectivity index (χ3n) is 2.81. The van der Waals surface area contributed by atoms with Gasteiger partial charge in [-0.25, -0.2) is 0 Å². The van der Waals surface area contributed by atoms with Gasteiger partial charge in [0.25, 0.3) is 0 Å². The van der Waals surface area contributed by atoms with E-state index in [1.54, 1.807) is 0 Å². The molecule has 2 rings (SSSR count). The van der Waals surface area contributed by atoms with Crippen molar-refractivity contribution in [2.75, 3.05) is 5.73 Å². The number of carbonyl (C=O) groups is 1. The molecule has 1 amide bonds. The summed E-state index contributed by atoms with van der Waals surface area (Å²) in [5, 5.41) is 2.87. The number of benzene rings is 2. The van der Waals surface area contributed by atoms with Gasteiger partial charge in [-0.05, 0) is 29.3 Å². The summed E-state index contributed by atoms with van der Waals surface area (Å²) < 4.78 is 1.01. The lowest BCUT2D eigenvalue weighted by atomic mass is 10.1. The fourth-order valence-electron chi connectivity index (χ4n) is 1.74. The fourth-order valence-corrected chi connectivity index (χ4v) is 2.00. The summed E-state index contributed by atoms with van der Waals surface area (Å²) >= 11 is 3.37. The van der Waals surface area contributed by atoms with Crippen molar-refractivity contribution in [3.63, 3.8) is 0 Å². The van der Waals surface area contributed by atoms with Crippen LogP contribution in [0.3, 0.4) is 0 Å². The van der Waals surface area contributed by atoms with E-state index in [0.717, 1.165) is 15.6 Å². The van der Waals surface area contributed by atoms with Crippen LogP contribution in [-0.2, 0) is 17.8 Å². The Balaban J connectivity index is 1.88. The number of carbonyl (C=O) groups excluding carboxylic acids is 1. The molecule has 0 fully saturated rings. The van der Waals surface area contributed by atoms with Gasteiger partial charge in [-0.3, -0.25) is 4.79 Å². The number of hydrogen-bond acceptors (Lipinski definition) is 2. The molecule has 3 nitrogen and oxygen atoms in total. The van der Waals surface area contributed by atoms with Gasteiger partial charge in [0.1, 0.15) is 0 Å². The molecule has 0 radical (unpaired) electrons. The first-order valence-corrected chi connectivity index (χ1v) is 6.79. The van der Waals surface area contributed by atoms with Crippen molar-refractivity contribution in [2.45, 2.75) is 13.0 Å². The van der Waals surface area contributed by atoms with Gasteiger partial charge in [0.15, 0.2) is 0 Å². The second kappa shape index (κ2) is 6.38. The molecular weight excluding hydrogens is 304 g/mol. The molecule has 0 unspecified atom stereocenters. The van der Waals surface area contributed by atoms with Crippen LogP contribution in [0.2, 0.25) is 0 Å². The molecule has 0 atom stereocenters. The third-order valence-corrected chi connectivity index (χ3v) is 3.34. The van der Waals surface area contributed by atoms with E-state index in [2.05, 4.69) is 21.2 Å². The minimum atomic E-state index is -0.00873. The predicted octanol–water partition coefficient (Wildman–Crippen LogP) is 2.89. The van der Waals surface area contributed by atoms with Crippen molar-refractivity contribution in [3.05, 3.63) is 64.1 Å². The van der Waals surface area contributed by atoms with Gasteiger partial charge in [0, 0.05) is 16.7 Å². The Labute approximate surface area is 121 Å². The quantitative estimate of drug-likeness (QED) is 0.852. The molecule has 4 heteroatoms. The van der Waals surface area contributed by atoms with Crippen LogP contribution in [0.1, 0.15) is 11.1 Å². The van der Waals surface area contributed by atoms with Gasteiger partial charge in [0.2, 0.25) is 5.91 Å². The molecule has 0 saturated carbocycles. The lowest BCUT2D eigenvalue weighted by Crippen LogP contribution is -2.24. The summed E-state index contributed by atoms with van der Waals surface area (Å²) in [5.74, 6) is -0.00873. The van der Waals surface area contributed by atoms with Gasteiger partial charge in [-0.1, -0.05) is 46.3 Å². The zero-order valence-corrected chi connectivity index (χ0v) is 12.0. The lowest BCUT2D eigenvalue weighted by Gasteiger charge is -2.07. The molecule has 19 heavy (non-hydrogen) atoms. The number of halogens is 1. The van der Waals surface area contributed by atoms with Crippen LogP contribution in [0.4, 0.5) is 5.69 Å². The summed E-state index contributed by atoms with van der Waals surface area (Å²) in [6, 6.07) is 15.2. The van der Waals surface area contributed by atoms with E-state index in [1.165, 1.54) is 0 Å². The Morgan fingerprint density at radius 3 is 2.47 bits per heavy atom. The zero-order chi connectivity index (χ0) is 13.7. The molecule has 0 heterocycles. The Bertz CT molecular complexity index is 567. The fraction of sp³-hybridized carbons (Fsp3) is 0.133. The van der Waals surface area contributed by atoms with Crippen molar-refractivity contribution < 1.29 is 4.79 Å². The van der Waals surface area contributed by atoms with E-state index < -0.39 is 0 Å². The smallest absolute Gasteiger partial charge is 0.224 e. The maximum atomic E-state index is 11.8. The maximum Gasteiger partial charge on any atom is 0.224 e. The van der Waals surface area contributed by atoms with E-state index in [-0.39, 0.29) is 5.91 Å². The van der Waals surface area contributed by atoms with Crippen molar-refractivity contribution >= 4 is 27.5 Å². The topological polar surface area (TPSA) is 55.1 Å². The standard InChI is InChI=1S/C15H15BrN2O/c16-13-7-5-11(6-8-13)9-15(19)18-10-12-3-1-2-4-14(12)17/h1-8H,9-10,17H2,(H,18,19). The first kappa shape index (κ1) is 13.6. The van der Waals surface area contributed by atoms with Crippen molar-refractivity contribution in [2.24, 2.45) is 0 Å².